The summed E-state index contributed by atoms with van der Waals surface area (Å²) in [5.41, 5.74) is 8.92. The van der Waals surface area contributed by atoms with Gasteiger partial charge in [0.05, 0.1) is 17.3 Å². The van der Waals surface area contributed by atoms with Gasteiger partial charge >= 0.3 is 5.91 Å². The Morgan fingerprint density at radius 2 is 1.92 bits per heavy atom. The average Bonchev–Trinajstić information content (AvgIpc) is 3.44. The van der Waals surface area contributed by atoms with Crippen molar-refractivity contribution >= 4 is 40.6 Å². The molecule has 6 rings (SSSR count). The first-order valence-corrected chi connectivity index (χ1v) is 12.9. The second-order valence-corrected chi connectivity index (χ2v) is 10.1. The minimum Gasteiger partial charge on any atom is -0.397 e. The Labute approximate surface area is 224 Å². The molecule has 1 fully saturated rings. The number of fused-ring (bicyclic) bond motifs is 1. The van der Waals surface area contributed by atoms with Crippen LogP contribution in [0.15, 0.2) is 54.9 Å². The van der Waals surface area contributed by atoms with Crippen molar-refractivity contribution in [2.45, 2.75) is 38.8 Å². The number of carbonyl (C=O) groups excluding carboxylic acids is 2. The van der Waals surface area contributed by atoms with Gasteiger partial charge in [0, 0.05) is 42.8 Å². The molecule has 1 saturated carbocycles. The van der Waals surface area contributed by atoms with Crippen LogP contribution in [0.4, 0.5) is 17.2 Å². The lowest BCUT2D eigenvalue weighted by Crippen LogP contribution is -2.44. The Bertz CT molecular complexity index is 1540. The maximum absolute atomic E-state index is 13.9. The van der Waals surface area contributed by atoms with Crippen LogP contribution < -0.4 is 25.8 Å². The quantitative estimate of drug-likeness (QED) is 0.224. The molecule has 2 amide bonds. The van der Waals surface area contributed by atoms with Crippen molar-refractivity contribution in [1.29, 1.82) is 0 Å². The zero-order valence-electron chi connectivity index (χ0n) is 20.9. The maximum Gasteiger partial charge on any atom is 0.305 e. The molecule has 1 aliphatic carbocycles. The fourth-order valence-corrected chi connectivity index (χ4v) is 5.05. The van der Waals surface area contributed by atoms with Crippen LogP contribution in [0, 0.1) is 6.92 Å². The number of nitrogen functional groups attached to an aromatic ring is 1. The van der Waals surface area contributed by atoms with Gasteiger partial charge in [0.2, 0.25) is 5.91 Å². The molecule has 2 aromatic carbocycles. The molecule has 0 spiro atoms. The summed E-state index contributed by atoms with van der Waals surface area (Å²) < 4.78 is 3.77. The first-order valence-electron chi connectivity index (χ1n) is 12.6. The summed E-state index contributed by atoms with van der Waals surface area (Å²) in [6.07, 6.45) is 7.40. The summed E-state index contributed by atoms with van der Waals surface area (Å²) in [7, 11) is 0. The van der Waals surface area contributed by atoms with Gasteiger partial charge in [0.15, 0.2) is 0 Å². The molecule has 11 heteroatoms. The molecule has 0 bridgehead atoms. The molecule has 10 nitrogen and oxygen atoms in total. The molecule has 4 aromatic rings. The minimum absolute atomic E-state index is 0.121. The summed E-state index contributed by atoms with van der Waals surface area (Å²) in [6, 6.07) is 13.3. The fraction of sp³-hybridized carbons (Fsp3) is 0.259. The zero-order valence-corrected chi connectivity index (χ0v) is 21.6. The number of aromatic nitrogens is 4. The van der Waals surface area contributed by atoms with E-state index in [1.807, 2.05) is 42.0 Å². The van der Waals surface area contributed by atoms with Crippen molar-refractivity contribution in [1.82, 2.24) is 19.9 Å². The van der Waals surface area contributed by atoms with Crippen LogP contribution in [0.2, 0.25) is 5.02 Å². The number of carbonyl (C=O) groups is 2. The maximum atomic E-state index is 13.9. The number of amides is 2. The van der Waals surface area contributed by atoms with E-state index in [1.54, 1.807) is 29.0 Å². The summed E-state index contributed by atoms with van der Waals surface area (Å²) >= 11 is 6.12. The number of nitrogens with two attached hydrogens (primary N) is 1. The van der Waals surface area contributed by atoms with Crippen molar-refractivity contribution in [2.24, 2.45) is 0 Å². The van der Waals surface area contributed by atoms with E-state index in [-0.39, 0.29) is 18.4 Å². The Kier molecular flexibility index (Phi) is 6.13. The van der Waals surface area contributed by atoms with E-state index in [0.717, 1.165) is 11.5 Å². The number of H-pyrrole nitrogens is 1. The van der Waals surface area contributed by atoms with Gasteiger partial charge in [0.1, 0.15) is 18.1 Å². The molecule has 0 radical (unpaired) electrons. The molecule has 2 aromatic heterocycles. The van der Waals surface area contributed by atoms with E-state index in [9.17, 15) is 9.59 Å². The Morgan fingerprint density at radius 3 is 2.63 bits per heavy atom. The van der Waals surface area contributed by atoms with Crippen LogP contribution in [0.1, 0.15) is 41.4 Å². The molecule has 194 valence electrons. The Balaban J connectivity index is 1.31. The Hall–Kier alpha value is -4.15. The molecule has 1 aliphatic heterocycles. The van der Waals surface area contributed by atoms with Crippen molar-refractivity contribution in [3.63, 3.8) is 0 Å². The normalized spacial score (nSPS) is 15.7. The van der Waals surface area contributed by atoms with Gasteiger partial charge in [-0.1, -0.05) is 18.0 Å². The number of hydrogen-bond acceptors (Lipinski definition) is 5. The van der Waals surface area contributed by atoms with E-state index in [2.05, 4.69) is 20.6 Å². The number of benzene rings is 2. The Morgan fingerprint density at radius 1 is 1.16 bits per heavy atom. The molecule has 0 saturated heterocycles. The molecule has 0 unspecified atom stereocenters. The lowest BCUT2D eigenvalue weighted by atomic mass is 9.93. The molecular weight excluding hydrogens is 504 g/mol. The highest BCUT2D eigenvalue weighted by molar-refractivity contribution is 6.33. The monoisotopic (exact) mass is 531 g/mol. The van der Waals surface area contributed by atoms with Gasteiger partial charge in [-0.15, -0.1) is 0 Å². The number of anilines is 3. The van der Waals surface area contributed by atoms with Crippen molar-refractivity contribution in [3.05, 3.63) is 77.2 Å². The second kappa shape index (κ2) is 9.62. The average molecular weight is 532 g/mol. The summed E-state index contributed by atoms with van der Waals surface area (Å²) in [5.74, 6) is 1.30. The van der Waals surface area contributed by atoms with Gasteiger partial charge in [0.25, 0.3) is 17.3 Å². The number of imidazole rings is 2. The van der Waals surface area contributed by atoms with Gasteiger partial charge < -0.3 is 15.6 Å². The van der Waals surface area contributed by atoms with Crippen LogP contribution in [0.25, 0.3) is 11.4 Å². The molecule has 5 N–H and O–H groups in total. The van der Waals surface area contributed by atoms with E-state index in [1.165, 1.54) is 24.2 Å². The molecular formula is C27H28ClN8O2+. The summed E-state index contributed by atoms with van der Waals surface area (Å²) in [4.78, 5) is 35.8. The van der Waals surface area contributed by atoms with E-state index < -0.39 is 0 Å². The smallest absolute Gasteiger partial charge is 0.305 e. The predicted molar refractivity (Wildman–Crippen MR) is 145 cm³/mol. The first kappa shape index (κ1) is 24.2. The number of halogens is 1. The highest BCUT2D eigenvalue weighted by Crippen LogP contribution is 2.27. The molecule has 0 atom stereocenters. The van der Waals surface area contributed by atoms with Crippen LogP contribution >= 0.6 is 11.6 Å². The first-order chi connectivity index (χ1) is 18.4. The number of nitrogens with one attached hydrogen (secondary N) is 3. The van der Waals surface area contributed by atoms with Crippen LogP contribution in [0.5, 0.6) is 0 Å². The van der Waals surface area contributed by atoms with Gasteiger partial charge in [-0.3, -0.25) is 19.8 Å². The third-order valence-corrected chi connectivity index (χ3v) is 7.51. The van der Waals surface area contributed by atoms with Gasteiger partial charge in [-0.05, 0) is 49.2 Å². The number of rotatable bonds is 6. The van der Waals surface area contributed by atoms with E-state index in [0.29, 0.717) is 52.0 Å². The fourth-order valence-electron chi connectivity index (χ4n) is 4.93. The minimum atomic E-state index is -0.322. The topological polar surface area (TPSA) is 125 Å². The van der Waals surface area contributed by atoms with Crippen molar-refractivity contribution in [3.8, 4) is 11.4 Å². The van der Waals surface area contributed by atoms with Crippen molar-refractivity contribution < 1.29 is 14.2 Å². The van der Waals surface area contributed by atoms with Crippen LogP contribution in [-0.4, -0.2) is 38.9 Å². The van der Waals surface area contributed by atoms with E-state index in [4.69, 9.17) is 17.3 Å². The molecule has 38 heavy (non-hydrogen) atoms. The third kappa shape index (κ3) is 4.31. The predicted octanol–water partition coefficient (Wildman–Crippen LogP) is 3.26. The number of hydrogen-bond donors (Lipinski definition) is 4. The van der Waals surface area contributed by atoms with Crippen molar-refractivity contribution in [2.75, 3.05) is 22.5 Å². The summed E-state index contributed by atoms with van der Waals surface area (Å²) in [6.45, 7) is 2.39. The number of nitrogens with zero attached hydrogens (tertiary/aromatic N) is 4. The van der Waals surface area contributed by atoms with Gasteiger partial charge in [-0.2, -0.15) is 4.57 Å². The molecule has 3 heterocycles. The number of aromatic amines is 1. The summed E-state index contributed by atoms with van der Waals surface area (Å²) in [5, 5.41) is 6.80. The molecule has 2 aliphatic rings. The zero-order chi connectivity index (χ0) is 26.4. The second-order valence-electron chi connectivity index (χ2n) is 9.65. The van der Waals surface area contributed by atoms with Crippen LogP contribution in [0.3, 0.4) is 0 Å². The van der Waals surface area contributed by atoms with Crippen LogP contribution in [-0.2, 0) is 11.3 Å². The lowest BCUT2D eigenvalue weighted by molar-refractivity contribution is -0.603. The lowest BCUT2D eigenvalue weighted by Gasteiger charge is -2.26. The highest BCUT2D eigenvalue weighted by atomic mass is 35.5. The standard InChI is InChI=1S/C27H27ClN8O2/c1-16-32-26-25(36(16)20-9-10-21(28)22(29)13-20)27(38)35(15-24(37)33-26)19-7-5-18(6-8-19)34-12-11-30-23(34)14-31-17-3-2-4-17/h5-13,17,31H,2-4,14-15,29H2,1H3,(H,33,37,38)/p+1. The highest BCUT2D eigenvalue weighted by Gasteiger charge is 2.38. The third-order valence-electron chi connectivity index (χ3n) is 7.16. The number of aryl methyl sites for hydroxylation is 1. The largest absolute Gasteiger partial charge is 0.397 e. The SMILES string of the molecule is Cc1[nH]c2c([n+]1-c1ccc(Cl)c(N)c1)C(=O)N(c1ccc(-n3ccnc3CNC3CCC3)cc1)CC(=O)N2. The van der Waals surface area contributed by atoms with Gasteiger partial charge in [-0.25, -0.2) is 9.97 Å². The van der Waals surface area contributed by atoms with E-state index >= 15 is 0 Å².